The van der Waals surface area contributed by atoms with Crippen LogP contribution in [-0.2, 0) is 30.3 Å². The molecule has 0 aromatic heterocycles. The molecule has 2 rings (SSSR count). The number of benzene rings is 2. The van der Waals surface area contributed by atoms with Gasteiger partial charge in [-0.1, -0.05) is 30.3 Å². The normalized spacial score (nSPS) is 12.7. The molecule has 10 heteroatoms. The molecule has 0 spiro atoms. The number of aryl methyl sites for hydroxylation is 2. The predicted molar refractivity (Wildman–Crippen MR) is 151 cm³/mol. The third-order valence-corrected chi connectivity index (χ3v) is 6.18. The van der Waals surface area contributed by atoms with Crippen molar-refractivity contribution in [2.75, 3.05) is 13.7 Å². The molecular weight excluding hydrogens is 514 g/mol. The van der Waals surface area contributed by atoms with Crippen LogP contribution in [0.1, 0.15) is 62.9 Å². The fourth-order valence-electron chi connectivity index (χ4n) is 4.08. The van der Waals surface area contributed by atoms with Crippen molar-refractivity contribution in [1.29, 1.82) is 0 Å². The third kappa shape index (κ3) is 9.29. The first-order chi connectivity index (χ1) is 18.6. The summed E-state index contributed by atoms with van der Waals surface area (Å²) >= 11 is 0. The maximum atomic E-state index is 14.3. The molecule has 10 nitrogen and oxygen atoms in total. The Labute approximate surface area is 236 Å². The van der Waals surface area contributed by atoms with E-state index in [0.717, 1.165) is 11.1 Å². The van der Waals surface area contributed by atoms with Crippen LogP contribution < -0.4 is 10.6 Å². The lowest BCUT2D eigenvalue weighted by molar-refractivity contribution is -0.146. The number of carbonyl (C=O) groups excluding carboxylic acids is 4. The molecule has 3 N–H and O–H groups in total. The van der Waals surface area contributed by atoms with E-state index in [1.54, 1.807) is 52.8 Å². The Morgan fingerprint density at radius 1 is 0.975 bits per heavy atom. The molecule has 0 saturated heterocycles. The van der Waals surface area contributed by atoms with Crippen LogP contribution in [0, 0.1) is 13.8 Å². The number of hydrogen-bond acceptors (Lipinski definition) is 7. The zero-order chi connectivity index (χ0) is 30.2. The maximum absolute atomic E-state index is 14.3. The Balaban J connectivity index is 2.57. The van der Waals surface area contributed by atoms with Crippen molar-refractivity contribution < 1.29 is 33.8 Å². The van der Waals surface area contributed by atoms with E-state index in [0.29, 0.717) is 11.1 Å². The highest BCUT2D eigenvalue weighted by Crippen LogP contribution is 2.27. The second kappa shape index (κ2) is 13.8. The fourth-order valence-corrected chi connectivity index (χ4v) is 4.08. The number of aromatic hydroxyl groups is 1. The summed E-state index contributed by atoms with van der Waals surface area (Å²) in [5, 5.41) is 15.0. The van der Waals surface area contributed by atoms with E-state index in [1.807, 2.05) is 26.0 Å². The fraction of sp³-hybridized carbons (Fsp3) is 0.467. The lowest BCUT2D eigenvalue weighted by Gasteiger charge is -2.37. The average Bonchev–Trinajstić information content (AvgIpc) is 2.86. The SMILES string of the molecule is COC(=O)CNC(=O)C(c1ccc(C)c(C)c1)N(C(=O)C(Cc1ccc(O)cc1)NC(=O)OC(C)(C)C)C(C)C. The van der Waals surface area contributed by atoms with Gasteiger partial charge in [-0.05, 0) is 82.9 Å². The summed E-state index contributed by atoms with van der Waals surface area (Å²) in [6, 6.07) is 9.04. The van der Waals surface area contributed by atoms with Gasteiger partial charge in [0, 0.05) is 12.5 Å². The summed E-state index contributed by atoms with van der Waals surface area (Å²) in [5.41, 5.74) is 2.36. The summed E-state index contributed by atoms with van der Waals surface area (Å²) in [5.74, 6) is -1.67. The van der Waals surface area contributed by atoms with Crippen molar-refractivity contribution in [2.24, 2.45) is 0 Å². The number of amides is 3. The van der Waals surface area contributed by atoms with Crippen LogP contribution >= 0.6 is 0 Å². The Kier molecular flexibility index (Phi) is 11.1. The quantitative estimate of drug-likeness (QED) is 0.381. The molecule has 218 valence electrons. The number of carbonyl (C=O) groups is 4. The number of hydrogen-bond donors (Lipinski definition) is 3. The van der Waals surface area contributed by atoms with Gasteiger partial charge < -0.3 is 30.1 Å². The molecule has 2 unspecified atom stereocenters. The Bertz CT molecular complexity index is 1200. The highest BCUT2D eigenvalue weighted by molar-refractivity contribution is 5.93. The second-order valence-corrected chi connectivity index (χ2v) is 10.9. The summed E-state index contributed by atoms with van der Waals surface area (Å²) < 4.78 is 10.1. The highest BCUT2D eigenvalue weighted by Gasteiger charge is 2.38. The van der Waals surface area contributed by atoms with Crippen LogP contribution in [0.3, 0.4) is 0 Å². The number of esters is 1. The van der Waals surface area contributed by atoms with Crippen molar-refractivity contribution in [3.05, 3.63) is 64.7 Å². The van der Waals surface area contributed by atoms with Crippen LogP contribution in [0.5, 0.6) is 5.75 Å². The molecule has 0 bridgehead atoms. The smallest absolute Gasteiger partial charge is 0.408 e. The van der Waals surface area contributed by atoms with E-state index in [-0.39, 0.29) is 18.7 Å². The minimum absolute atomic E-state index is 0.0626. The number of phenols is 1. The van der Waals surface area contributed by atoms with Crippen LogP contribution in [0.15, 0.2) is 42.5 Å². The molecule has 0 aliphatic rings. The first-order valence-corrected chi connectivity index (χ1v) is 13.1. The first kappa shape index (κ1) is 32.1. The third-order valence-electron chi connectivity index (χ3n) is 6.18. The molecule has 0 aliphatic heterocycles. The number of methoxy groups -OCH3 is 1. The molecule has 0 aliphatic carbocycles. The van der Waals surface area contributed by atoms with Crippen LogP contribution in [0.25, 0.3) is 0 Å². The van der Waals surface area contributed by atoms with Crippen molar-refractivity contribution in [2.45, 2.75) is 78.6 Å². The molecule has 0 saturated carbocycles. The second-order valence-electron chi connectivity index (χ2n) is 10.9. The number of ether oxygens (including phenoxy) is 2. The van der Waals surface area contributed by atoms with Crippen molar-refractivity contribution in [3.8, 4) is 5.75 Å². The minimum Gasteiger partial charge on any atom is -0.508 e. The predicted octanol–water partition coefficient (Wildman–Crippen LogP) is 3.71. The van der Waals surface area contributed by atoms with E-state index in [4.69, 9.17) is 4.74 Å². The van der Waals surface area contributed by atoms with Gasteiger partial charge in [-0.2, -0.15) is 0 Å². The van der Waals surface area contributed by atoms with Crippen molar-refractivity contribution in [3.63, 3.8) is 0 Å². The Morgan fingerprint density at radius 3 is 2.12 bits per heavy atom. The molecule has 2 aromatic rings. The lowest BCUT2D eigenvalue weighted by Crippen LogP contribution is -2.56. The Hall–Kier alpha value is -4.08. The van der Waals surface area contributed by atoms with Gasteiger partial charge in [-0.15, -0.1) is 0 Å². The number of nitrogens with one attached hydrogen (secondary N) is 2. The lowest BCUT2D eigenvalue weighted by atomic mass is 9.96. The topological polar surface area (TPSA) is 134 Å². The summed E-state index contributed by atoms with van der Waals surface area (Å²) in [6.07, 6.45) is -0.712. The molecular formula is C30H41N3O7. The van der Waals surface area contributed by atoms with Gasteiger partial charge in [-0.3, -0.25) is 14.4 Å². The van der Waals surface area contributed by atoms with Crippen molar-refractivity contribution in [1.82, 2.24) is 15.5 Å². The number of phenolic OH excluding ortho intramolecular Hbond substituents is 1. The van der Waals surface area contributed by atoms with Gasteiger partial charge in [0.1, 0.15) is 30.0 Å². The molecule has 3 amide bonds. The zero-order valence-electron chi connectivity index (χ0n) is 24.5. The minimum atomic E-state index is -1.11. The molecule has 40 heavy (non-hydrogen) atoms. The van der Waals surface area contributed by atoms with E-state index >= 15 is 0 Å². The average molecular weight is 556 g/mol. The molecule has 0 heterocycles. The van der Waals surface area contributed by atoms with Gasteiger partial charge in [-0.25, -0.2) is 4.79 Å². The standard InChI is InChI=1S/C30H41N3O7/c1-18(2)33(26(27(36)31-17-25(35)39-8)22-12-9-19(3)20(4)15-22)28(37)24(32-29(38)40-30(5,6)7)16-21-10-13-23(34)14-11-21/h9-15,18,24,26,34H,16-17H2,1-8H3,(H,31,36)(H,32,38). The zero-order valence-corrected chi connectivity index (χ0v) is 24.5. The van der Waals surface area contributed by atoms with Crippen LogP contribution in [-0.4, -0.2) is 65.2 Å². The monoisotopic (exact) mass is 555 g/mol. The molecule has 0 radical (unpaired) electrons. The van der Waals surface area contributed by atoms with E-state index in [2.05, 4.69) is 15.4 Å². The largest absolute Gasteiger partial charge is 0.508 e. The highest BCUT2D eigenvalue weighted by atomic mass is 16.6. The molecule has 2 atom stereocenters. The Morgan fingerprint density at radius 2 is 1.60 bits per heavy atom. The van der Waals surface area contributed by atoms with Gasteiger partial charge in [0.2, 0.25) is 11.8 Å². The maximum Gasteiger partial charge on any atom is 0.408 e. The van der Waals surface area contributed by atoms with E-state index in [1.165, 1.54) is 24.1 Å². The summed E-state index contributed by atoms with van der Waals surface area (Å²) in [7, 11) is 1.22. The molecule has 0 fully saturated rings. The van der Waals surface area contributed by atoms with Gasteiger partial charge in [0.05, 0.1) is 7.11 Å². The molecule has 2 aromatic carbocycles. The van der Waals surface area contributed by atoms with E-state index in [9.17, 15) is 24.3 Å². The van der Waals surface area contributed by atoms with Gasteiger partial charge in [0.15, 0.2) is 0 Å². The van der Waals surface area contributed by atoms with Crippen LogP contribution in [0.2, 0.25) is 0 Å². The van der Waals surface area contributed by atoms with Gasteiger partial charge >= 0.3 is 12.1 Å². The summed E-state index contributed by atoms with van der Waals surface area (Å²) in [6.45, 7) is 12.2. The number of rotatable bonds is 10. The number of nitrogens with zero attached hydrogens (tertiary/aromatic N) is 1. The van der Waals surface area contributed by atoms with Crippen LogP contribution in [0.4, 0.5) is 4.79 Å². The van der Waals surface area contributed by atoms with Gasteiger partial charge in [0.25, 0.3) is 0 Å². The van der Waals surface area contributed by atoms with E-state index < -0.39 is 47.6 Å². The summed E-state index contributed by atoms with van der Waals surface area (Å²) in [4.78, 5) is 53.8. The van der Waals surface area contributed by atoms with Crippen molar-refractivity contribution >= 4 is 23.9 Å². The number of alkyl carbamates (subject to hydrolysis) is 1. The first-order valence-electron chi connectivity index (χ1n) is 13.1.